The third-order valence-corrected chi connectivity index (χ3v) is 1.84. The summed E-state index contributed by atoms with van der Waals surface area (Å²) in [6, 6.07) is 7.43. The Morgan fingerprint density at radius 2 is 1.64 bits per heavy atom. The maximum atomic E-state index is 10.9. The van der Waals surface area contributed by atoms with Gasteiger partial charge in [-0.3, -0.25) is 4.79 Å². The molecule has 0 spiro atoms. The van der Waals surface area contributed by atoms with Gasteiger partial charge in [-0.05, 0) is 19.4 Å². The molecule has 2 heteroatoms. The Morgan fingerprint density at radius 1 is 1.21 bits per heavy atom. The highest BCUT2D eigenvalue weighted by atomic mass is 16.1. The molecule has 1 aromatic rings. The molecule has 2 nitrogen and oxygen atoms in total. The van der Waals surface area contributed by atoms with E-state index in [4.69, 9.17) is 5.73 Å². The minimum absolute atomic E-state index is 0.0333. The van der Waals surface area contributed by atoms with Gasteiger partial charge in [0.1, 0.15) is 0 Å². The second kappa shape index (κ2) is 6.33. The minimum Gasteiger partial charge on any atom is -0.324 e. The number of rotatable bonds is 2. The second-order valence-corrected chi connectivity index (χ2v) is 2.97. The normalized spacial score (nSPS) is 11.2. The van der Waals surface area contributed by atoms with Crippen molar-refractivity contribution in [3.05, 3.63) is 35.4 Å². The first kappa shape index (κ1) is 12.8. The van der Waals surface area contributed by atoms with Crippen molar-refractivity contribution in [3.8, 4) is 0 Å². The Hall–Kier alpha value is -1.15. The average molecular weight is 193 g/mol. The van der Waals surface area contributed by atoms with Crippen molar-refractivity contribution in [2.24, 2.45) is 5.73 Å². The van der Waals surface area contributed by atoms with Gasteiger partial charge in [0.15, 0.2) is 5.78 Å². The van der Waals surface area contributed by atoms with Crippen LogP contribution in [0, 0.1) is 0 Å². The summed E-state index contributed by atoms with van der Waals surface area (Å²) < 4.78 is 0. The predicted molar refractivity (Wildman–Crippen MR) is 60.4 cm³/mol. The maximum Gasteiger partial charge on any atom is 0.159 e. The second-order valence-electron chi connectivity index (χ2n) is 2.97. The summed E-state index contributed by atoms with van der Waals surface area (Å²) in [7, 11) is 0. The van der Waals surface area contributed by atoms with Crippen LogP contribution in [-0.2, 0) is 0 Å². The van der Waals surface area contributed by atoms with E-state index in [1.807, 2.05) is 32.9 Å². The zero-order valence-electron chi connectivity index (χ0n) is 9.37. The van der Waals surface area contributed by atoms with E-state index in [-0.39, 0.29) is 11.8 Å². The van der Waals surface area contributed by atoms with Gasteiger partial charge in [-0.25, -0.2) is 0 Å². The first-order valence-electron chi connectivity index (χ1n) is 4.97. The number of hydrogen-bond acceptors (Lipinski definition) is 2. The van der Waals surface area contributed by atoms with Crippen molar-refractivity contribution >= 4 is 5.78 Å². The smallest absolute Gasteiger partial charge is 0.159 e. The lowest BCUT2D eigenvalue weighted by molar-refractivity contribution is 0.101. The standard InChI is InChI=1S/C10H13NO.C2H6/c1-7(11)9-3-5-10(6-4-9)8(2)12;1-2/h3-7H,11H2,1-2H3;1-2H3/t7-;/m0./s1. The van der Waals surface area contributed by atoms with Crippen LogP contribution in [0.15, 0.2) is 24.3 Å². The fraction of sp³-hybridized carbons (Fsp3) is 0.417. The zero-order valence-corrected chi connectivity index (χ0v) is 9.37. The number of benzene rings is 1. The van der Waals surface area contributed by atoms with E-state index in [9.17, 15) is 4.79 Å². The van der Waals surface area contributed by atoms with Gasteiger partial charge in [-0.1, -0.05) is 38.1 Å². The average Bonchev–Trinajstić information content (AvgIpc) is 2.21. The van der Waals surface area contributed by atoms with E-state index >= 15 is 0 Å². The molecule has 14 heavy (non-hydrogen) atoms. The van der Waals surface area contributed by atoms with Crippen LogP contribution in [0.25, 0.3) is 0 Å². The van der Waals surface area contributed by atoms with Crippen LogP contribution < -0.4 is 5.73 Å². The number of hydrogen-bond donors (Lipinski definition) is 1. The number of Topliss-reactive ketones (excluding diaryl/α,β-unsaturated/α-hetero) is 1. The molecule has 0 aliphatic rings. The van der Waals surface area contributed by atoms with Crippen LogP contribution in [0.2, 0.25) is 0 Å². The van der Waals surface area contributed by atoms with Gasteiger partial charge in [0.05, 0.1) is 0 Å². The summed E-state index contributed by atoms with van der Waals surface area (Å²) in [5.41, 5.74) is 7.45. The summed E-state index contributed by atoms with van der Waals surface area (Å²) in [5, 5.41) is 0. The molecule has 2 N–H and O–H groups in total. The fourth-order valence-electron chi connectivity index (χ4n) is 1.02. The Labute approximate surface area is 86.1 Å². The van der Waals surface area contributed by atoms with Crippen molar-refractivity contribution in [2.75, 3.05) is 0 Å². The number of carbonyl (C=O) groups excluding carboxylic acids is 1. The lowest BCUT2D eigenvalue weighted by atomic mass is 10.1. The van der Waals surface area contributed by atoms with Gasteiger partial charge < -0.3 is 5.73 Å². The Kier molecular flexibility index (Phi) is 5.81. The van der Waals surface area contributed by atoms with Crippen molar-refractivity contribution < 1.29 is 4.79 Å². The highest BCUT2D eigenvalue weighted by Crippen LogP contribution is 2.10. The summed E-state index contributed by atoms with van der Waals surface area (Å²) in [6.07, 6.45) is 0. The van der Waals surface area contributed by atoms with E-state index in [1.165, 1.54) is 0 Å². The molecule has 0 radical (unpaired) electrons. The lowest BCUT2D eigenvalue weighted by Crippen LogP contribution is -2.05. The molecule has 0 unspecified atom stereocenters. The first-order valence-corrected chi connectivity index (χ1v) is 4.97. The zero-order chi connectivity index (χ0) is 11.1. The van der Waals surface area contributed by atoms with E-state index in [2.05, 4.69) is 0 Å². The lowest BCUT2D eigenvalue weighted by Gasteiger charge is -2.04. The van der Waals surface area contributed by atoms with Gasteiger partial charge in [0.2, 0.25) is 0 Å². The largest absolute Gasteiger partial charge is 0.324 e. The summed E-state index contributed by atoms with van der Waals surface area (Å²) in [4.78, 5) is 10.9. The molecule has 0 heterocycles. The van der Waals surface area contributed by atoms with Crippen LogP contribution in [0.3, 0.4) is 0 Å². The van der Waals surface area contributed by atoms with Gasteiger partial charge in [-0.15, -0.1) is 0 Å². The molecular weight excluding hydrogens is 174 g/mol. The molecule has 1 rings (SSSR count). The number of carbonyl (C=O) groups is 1. The Bertz CT molecular complexity index is 275. The van der Waals surface area contributed by atoms with Crippen LogP contribution >= 0.6 is 0 Å². The van der Waals surface area contributed by atoms with E-state index in [0.717, 1.165) is 11.1 Å². The van der Waals surface area contributed by atoms with Crippen molar-refractivity contribution in [2.45, 2.75) is 33.7 Å². The molecule has 78 valence electrons. The van der Waals surface area contributed by atoms with Gasteiger partial charge in [0.25, 0.3) is 0 Å². The van der Waals surface area contributed by atoms with Crippen LogP contribution in [0.1, 0.15) is 49.7 Å². The molecule has 0 fully saturated rings. The van der Waals surface area contributed by atoms with E-state index in [0.29, 0.717) is 0 Å². The van der Waals surface area contributed by atoms with Crippen molar-refractivity contribution in [3.63, 3.8) is 0 Å². The molecule has 0 saturated heterocycles. The molecule has 0 amide bonds. The van der Waals surface area contributed by atoms with Crippen LogP contribution in [0.4, 0.5) is 0 Å². The highest BCUT2D eigenvalue weighted by molar-refractivity contribution is 5.94. The minimum atomic E-state index is 0.0333. The van der Waals surface area contributed by atoms with Crippen molar-refractivity contribution in [1.82, 2.24) is 0 Å². The molecule has 0 aliphatic carbocycles. The van der Waals surface area contributed by atoms with Gasteiger partial charge in [-0.2, -0.15) is 0 Å². The highest BCUT2D eigenvalue weighted by Gasteiger charge is 2.00. The quantitative estimate of drug-likeness (QED) is 0.734. The summed E-state index contributed by atoms with van der Waals surface area (Å²) in [6.45, 7) is 7.48. The topological polar surface area (TPSA) is 43.1 Å². The first-order chi connectivity index (χ1) is 6.61. The summed E-state index contributed by atoms with van der Waals surface area (Å²) >= 11 is 0. The monoisotopic (exact) mass is 193 g/mol. The molecule has 1 aromatic carbocycles. The SMILES string of the molecule is CC.CC(=O)c1ccc([C@H](C)N)cc1. The molecular formula is C12H19NO. The molecule has 1 atom stereocenters. The van der Waals surface area contributed by atoms with E-state index < -0.39 is 0 Å². The predicted octanol–water partition coefficient (Wildman–Crippen LogP) is 2.94. The van der Waals surface area contributed by atoms with Gasteiger partial charge >= 0.3 is 0 Å². The molecule has 0 aliphatic heterocycles. The van der Waals surface area contributed by atoms with Crippen LogP contribution in [-0.4, -0.2) is 5.78 Å². The molecule has 0 saturated carbocycles. The third kappa shape index (κ3) is 3.71. The van der Waals surface area contributed by atoms with Crippen LogP contribution in [0.5, 0.6) is 0 Å². The Balaban J connectivity index is 0.000000791. The third-order valence-electron chi connectivity index (χ3n) is 1.84. The number of ketones is 1. The van der Waals surface area contributed by atoms with Crippen molar-refractivity contribution in [1.29, 1.82) is 0 Å². The molecule has 0 aromatic heterocycles. The molecule has 0 bridgehead atoms. The van der Waals surface area contributed by atoms with E-state index in [1.54, 1.807) is 19.1 Å². The number of nitrogens with two attached hydrogens (primary N) is 1. The Morgan fingerprint density at radius 3 is 1.93 bits per heavy atom. The maximum absolute atomic E-state index is 10.9. The van der Waals surface area contributed by atoms with Gasteiger partial charge in [0, 0.05) is 11.6 Å². The summed E-state index contributed by atoms with van der Waals surface area (Å²) in [5.74, 6) is 0.0891. The fourth-order valence-corrected chi connectivity index (χ4v) is 1.02.